The molecule has 0 fully saturated rings. The van der Waals surface area contributed by atoms with Gasteiger partial charge in [-0.05, 0) is 41.3 Å². The first-order valence-electron chi connectivity index (χ1n) is 6.30. The van der Waals surface area contributed by atoms with E-state index in [1.165, 1.54) is 5.56 Å². The van der Waals surface area contributed by atoms with Gasteiger partial charge < -0.3 is 5.32 Å². The summed E-state index contributed by atoms with van der Waals surface area (Å²) in [7, 11) is 0. The fourth-order valence-corrected chi connectivity index (χ4v) is 2.00. The van der Waals surface area contributed by atoms with Gasteiger partial charge >= 0.3 is 0 Å². The minimum absolute atomic E-state index is 0.345. The van der Waals surface area contributed by atoms with Gasteiger partial charge in [-0.25, -0.2) is 4.68 Å². The Labute approximate surface area is 117 Å². The van der Waals surface area contributed by atoms with E-state index in [0.717, 1.165) is 12.2 Å². The standard InChI is InChI=1S/C13H19N5S/c1-10(19-3)8-14-11(2)12-4-6-13(7-5-12)18-9-15-16-17-18/h4-7,9-11,14H,8H2,1-3H3/t10-,11-/m1/s1. The molecule has 6 heteroatoms. The van der Waals surface area contributed by atoms with E-state index >= 15 is 0 Å². The lowest BCUT2D eigenvalue weighted by Crippen LogP contribution is -2.25. The van der Waals surface area contributed by atoms with Crippen LogP contribution in [0.1, 0.15) is 25.5 Å². The van der Waals surface area contributed by atoms with E-state index in [2.05, 4.69) is 53.1 Å². The Morgan fingerprint density at radius 3 is 2.58 bits per heavy atom. The summed E-state index contributed by atoms with van der Waals surface area (Å²) >= 11 is 1.87. The topological polar surface area (TPSA) is 55.6 Å². The number of nitrogens with one attached hydrogen (secondary N) is 1. The van der Waals surface area contributed by atoms with E-state index in [-0.39, 0.29) is 0 Å². The number of aromatic nitrogens is 4. The molecule has 0 saturated heterocycles. The van der Waals surface area contributed by atoms with Gasteiger partial charge in [0.25, 0.3) is 0 Å². The van der Waals surface area contributed by atoms with Gasteiger partial charge in [0.15, 0.2) is 0 Å². The quantitative estimate of drug-likeness (QED) is 0.876. The summed E-state index contributed by atoms with van der Waals surface area (Å²) in [6.07, 6.45) is 3.73. The van der Waals surface area contributed by atoms with Crippen molar-refractivity contribution in [1.29, 1.82) is 0 Å². The SMILES string of the molecule is CS[C@H](C)CN[C@H](C)c1ccc(-n2cnnn2)cc1. The summed E-state index contributed by atoms with van der Waals surface area (Å²) in [5, 5.41) is 15.3. The van der Waals surface area contributed by atoms with E-state index in [1.54, 1.807) is 11.0 Å². The van der Waals surface area contributed by atoms with E-state index in [4.69, 9.17) is 0 Å². The number of nitrogens with zero attached hydrogens (tertiary/aromatic N) is 4. The smallest absolute Gasteiger partial charge is 0.143 e. The van der Waals surface area contributed by atoms with Crippen molar-refractivity contribution < 1.29 is 0 Å². The van der Waals surface area contributed by atoms with Gasteiger partial charge in [0, 0.05) is 17.8 Å². The van der Waals surface area contributed by atoms with Crippen LogP contribution in [0.4, 0.5) is 0 Å². The first-order chi connectivity index (χ1) is 9.20. The third kappa shape index (κ3) is 3.78. The summed E-state index contributed by atoms with van der Waals surface area (Å²) in [5.74, 6) is 0. The lowest BCUT2D eigenvalue weighted by Gasteiger charge is -2.17. The fraction of sp³-hybridized carbons (Fsp3) is 0.462. The second kappa shape index (κ2) is 6.68. The van der Waals surface area contributed by atoms with Gasteiger partial charge in [0.05, 0.1) is 5.69 Å². The number of benzene rings is 1. The van der Waals surface area contributed by atoms with Crippen LogP contribution in [0.5, 0.6) is 0 Å². The first kappa shape index (κ1) is 14.0. The van der Waals surface area contributed by atoms with Crippen LogP contribution in [-0.2, 0) is 0 Å². The highest BCUT2D eigenvalue weighted by atomic mass is 32.2. The predicted molar refractivity (Wildman–Crippen MR) is 78.5 cm³/mol. The molecule has 1 aromatic carbocycles. The number of hydrogen-bond acceptors (Lipinski definition) is 5. The molecule has 0 unspecified atom stereocenters. The summed E-state index contributed by atoms with van der Waals surface area (Å²) in [4.78, 5) is 0. The molecular formula is C13H19N5S. The largest absolute Gasteiger partial charge is 0.309 e. The van der Waals surface area contributed by atoms with Crippen LogP contribution in [0.3, 0.4) is 0 Å². The summed E-state index contributed by atoms with van der Waals surface area (Å²) in [5.41, 5.74) is 2.24. The Morgan fingerprint density at radius 2 is 2.00 bits per heavy atom. The van der Waals surface area contributed by atoms with Crippen LogP contribution in [0.15, 0.2) is 30.6 Å². The number of thioether (sulfide) groups is 1. The molecule has 0 saturated carbocycles. The molecule has 0 radical (unpaired) electrons. The molecule has 2 aromatic rings. The predicted octanol–water partition coefficient (Wildman–Crippen LogP) is 2.06. The maximum absolute atomic E-state index is 3.87. The van der Waals surface area contributed by atoms with Crippen LogP contribution in [0.2, 0.25) is 0 Å². The molecule has 0 amide bonds. The van der Waals surface area contributed by atoms with E-state index < -0.39 is 0 Å². The highest BCUT2D eigenvalue weighted by Crippen LogP contribution is 2.15. The maximum Gasteiger partial charge on any atom is 0.143 e. The zero-order chi connectivity index (χ0) is 13.7. The Balaban J connectivity index is 1.98. The van der Waals surface area contributed by atoms with Gasteiger partial charge in [0.1, 0.15) is 6.33 Å². The van der Waals surface area contributed by atoms with Crippen molar-refractivity contribution in [2.75, 3.05) is 12.8 Å². The lowest BCUT2D eigenvalue weighted by atomic mass is 10.1. The van der Waals surface area contributed by atoms with Crippen LogP contribution in [-0.4, -0.2) is 38.3 Å². The molecule has 0 aliphatic rings. The maximum atomic E-state index is 3.87. The summed E-state index contributed by atoms with van der Waals surface area (Å²) in [6, 6.07) is 8.62. The fourth-order valence-electron chi connectivity index (χ4n) is 1.74. The van der Waals surface area contributed by atoms with Crippen LogP contribution < -0.4 is 5.32 Å². The zero-order valence-corrected chi connectivity index (χ0v) is 12.3. The highest BCUT2D eigenvalue weighted by Gasteiger charge is 2.07. The second-order valence-corrected chi connectivity index (χ2v) is 5.80. The average Bonchev–Trinajstić information content (AvgIpc) is 2.98. The highest BCUT2D eigenvalue weighted by molar-refractivity contribution is 7.99. The van der Waals surface area contributed by atoms with E-state index in [9.17, 15) is 0 Å². The van der Waals surface area contributed by atoms with Crippen molar-refractivity contribution >= 4 is 11.8 Å². The monoisotopic (exact) mass is 277 g/mol. The minimum atomic E-state index is 0.345. The van der Waals surface area contributed by atoms with Crippen LogP contribution >= 0.6 is 11.8 Å². The lowest BCUT2D eigenvalue weighted by molar-refractivity contribution is 0.576. The molecule has 1 aromatic heterocycles. The number of tetrazole rings is 1. The van der Waals surface area contributed by atoms with Crippen molar-refractivity contribution in [3.05, 3.63) is 36.2 Å². The third-order valence-electron chi connectivity index (χ3n) is 3.12. The normalized spacial score (nSPS) is 14.3. The Morgan fingerprint density at radius 1 is 1.26 bits per heavy atom. The molecule has 1 heterocycles. The first-order valence-corrected chi connectivity index (χ1v) is 7.59. The molecule has 0 aliphatic heterocycles. The minimum Gasteiger partial charge on any atom is -0.309 e. The van der Waals surface area contributed by atoms with Gasteiger partial charge in [-0.3, -0.25) is 0 Å². The Kier molecular flexibility index (Phi) is 4.93. The summed E-state index contributed by atoms with van der Waals surface area (Å²) < 4.78 is 1.65. The summed E-state index contributed by atoms with van der Waals surface area (Å²) in [6.45, 7) is 5.42. The molecular weight excluding hydrogens is 258 g/mol. The van der Waals surface area contributed by atoms with E-state index in [1.807, 2.05) is 23.9 Å². The van der Waals surface area contributed by atoms with Crippen molar-refractivity contribution in [2.24, 2.45) is 0 Å². The molecule has 0 spiro atoms. The van der Waals surface area contributed by atoms with Gasteiger partial charge in [-0.1, -0.05) is 19.1 Å². The van der Waals surface area contributed by atoms with E-state index in [0.29, 0.717) is 11.3 Å². The van der Waals surface area contributed by atoms with Crippen molar-refractivity contribution in [2.45, 2.75) is 25.1 Å². The molecule has 2 atom stereocenters. The molecule has 5 nitrogen and oxygen atoms in total. The Bertz CT molecular complexity index is 482. The van der Waals surface area contributed by atoms with Gasteiger partial charge in [-0.2, -0.15) is 11.8 Å². The van der Waals surface area contributed by atoms with Crippen LogP contribution in [0, 0.1) is 0 Å². The number of rotatable bonds is 6. The zero-order valence-electron chi connectivity index (χ0n) is 11.4. The van der Waals surface area contributed by atoms with Crippen LogP contribution in [0.25, 0.3) is 5.69 Å². The molecule has 0 aliphatic carbocycles. The van der Waals surface area contributed by atoms with Crippen molar-refractivity contribution in [1.82, 2.24) is 25.5 Å². The van der Waals surface area contributed by atoms with Crippen molar-refractivity contribution in [3.63, 3.8) is 0 Å². The van der Waals surface area contributed by atoms with Crippen molar-refractivity contribution in [3.8, 4) is 5.69 Å². The van der Waals surface area contributed by atoms with Gasteiger partial charge in [0.2, 0.25) is 0 Å². The molecule has 2 rings (SSSR count). The number of hydrogen-bond donors (Lipinski definition) is 1. The molecule has 102 valence electrons. The Hall–Kier alpha value is -1.40. The third-order valence-corrected chi connectivity index (χ3v) is 4.09. The molecule has 1 N–H and O–H groups in total. The van der Waals surface area contributed by atoms with Gasteiger partial charge in [-0.15, -0.1) is 5.10 Å². The second-order valence-electron chi connectivity index (χ2n) is 4.52. The molecule has 19 heavy (non-hydrogen) atoms. The average molecular weight is 277 g/mol. The molecule has 0 bridgehead atoms.